The fourth-order valence-electron chi connectivity index (χ4n) is 3.20. The normalized spacial score (nSPS) is 15.5. The molecule has 3 rings (SSSR count). The largest absolute Gasteiger partial charge is 0.355 e. The van der Waals surface area contributed by atoms with Gasteiger partial charge in [-0.2, -0.15) is 0 Å². The molecule has 0 saturated heterocycles. The Bertz CT molecular complexity index is 691. The van der Waals surface area contributed by atoms with Crippen molar-refractivity contribution in [1.82, 2.24) is 10.3 Å². The summed E-state index contributed by atoms with van der Waals surface area (Å²) < 4.78 is 0. The van der Waals surface area contributed by atoms with E-state index in [0.29, 0.717) is 5.69 Å². The zero-order chi connectivity index (χ0) is 16.8. The summed E-state index contributed by atoms with van der Waals surface area (Å²) >= 11 is 0. The second-order valence-electron chi connectivity index (χ2n) is 6.59. The number of amides is 1. The number of anilines is 2. The molecule has 1 aliphatic carbocycles. The van der Waals surface area contributed by atoms with E-state index in [9.17, 15) is 4.79 Å². The van der Waals surface area contributed by atoms with Crippen LogP contribution in [0.25, 0.3) is 0 Å². The molecule has 2 aromatic rings. The first-order valence-corrected chi connectivity index (χ1v) is 8.81. The summed E-state index contributed by atoms with van der Waals surface area (Å²) in [5.74, 6) is -0.0743. The van der Waals surface area contributed by atoms with E-state index in [4.69, 9.17) is 0 Å². The van der Waals surface area contributed by atoms with E-state index in [1.165, 1.54) is 31.2 Å². The van der Waals surface area contributed by atoms with E-state index >= 15 is 0 Å². The highest BCUT2D eigenvalue weighted by molar-refractivity contribution is 5.93. The van der Waals surface area contributed by atoms with Crippen LogP contribution in [0.2, 0.25) is 0 Å². The first kappa shape index (κ1) is 16.5. The second-order valence-corrected chi connectivity index (χ2v) is 6.59. The SMILES string of the molecule is Cc1cccc(Nc2ccnc(C(=O)NC3CCCCCC3)c2)c1. The molecule has 0 bridgehead atoms. The van der Waals surface area contributed by atoms with Crippen LogP contribution in [0.5, 0.6) is 0 Å². The van der Waals surface area contributed by atoms with Crippen molar-refractivity contribution in [3.05, 3.63) is 53.9 Å². The number of pyridine rings is 1. The minimum atomic E-state index is -0.0743. The summed E-state index contributed by atoms with van der Waals surface area (Å²) in [6, 6.07) is 12.1. The molecule has 1 saturated carbocycles. The van der Waals surface area contributed by atoms with Gasteiger partial charge in [0.1, 0.15) is 5.69 Å². The molecule has 0 atom stereocenters. The molecule has 1 aliphatic rings. The van der Waals surface area contributed by atoms with E-state index in [-0.39, 0.29) is 11.9 Å². The Kier molecular flexibility index (Phi) is 5.47. The van der Waals surface area contributed by atoms with Crippen molar-refractivity contribution in [1.29, 1.82) is 0 Å². The predicted molar refractivity (Wildman–Crippen MR) is 97.7 cm³/mol. The molecule has 1 aromatic heterocycles. The number of nitrogens with one attached hydrogen (secondary N) is 2. The maximum absolute atomic E-state index is 12.5. The Balaban J connectivity index is 1.66. The number of hydrogen-bond acceptors (Lipinski definition) is 3. The molecule has 1 heterocycles. The molecular formula is C20H25N3O. The molecule has 0 unspecified atom stereocenters. The predicted octanol–water partition coefficient (Wildman–Crippen LogP) is 4.59. The van der Waals surface area contributed by atoms with Crippen LogP contribution in [0.3, 0.4) is 0 Å². The van der Waals surface area contributed by atoms with Gasteiger partial charge in [0.25, 0.3) is 5.91 Å². The van der Waals surface area contributed by atoms with E-state index in [2.05, 4.69) is 34.7 Å². The van der Waals surface area contributed by atoms with Crippen molar-refractivity contribution in [2.24, 2.45) is 0 Å². The molecule has 24 heavy (non-hydrogen) atoms. The van der Waals surface area contributed by atoms with Crippen LogP contribution in [-0.2, 0) is 0 Å². The van der Waals surface area contributed by atoms with Gasteiger partial charge in [0, 0.05) is 23.6 Å². The van der Waals surface area contributed by atoms with Crippen LogP contribution in [0, 0.1) is 6.92 Å². The highest BCUT2D eigenvalue weighted by Gasteiger charge is 2.16. The van der Waals surface area contributed by atoms with E-state index < -0.39 is 0 Å². The van der Waals surface area contributed by atoms with Crippen LogP contribution < -0.4 is 10.6 Å². The molecule has 1 amide bonds. The lowest BCUT2D eigenvalue weighted by molar-refractivity contribution is 0.0928. The van der Waals surface area contributed by atoms with Crippen LogP contribution in [0.15, 0.2) is 42.6 Å². The molecule has 0 radical (unpaired) electrons. The van der Waals surface area contributed by atoms with Crippen molar-refractivity contribution in [2.75, 3.05) is 5.32 Å². The Morgan fingerprint density at radius 1 is 1.04 bits per heavy atom. The highest BCUT2D eigenvalue weighted by atomic mass is 16.1. The van der Waals surface area contributed by atoms with Crippen molar-refractivity contribution in [3.63, 3.8) is 0 Å². The van der Waals surface area contributed by atoms with E-state index in [1.807, 2.05) is 24.3 Å². The summed E-state index contributed by atoms with van der Waals surface area (Å²) in [6.45, 7) is 2.06. The first-order chi connectivity index (χ1) is 11.7. The number of aromatic nitrogens is 1. The minimum Gasteiger partial charge on any atom is -0.355 e. The molecular weight excluding hydrogens is 298 g/mol. The fourth-order valence-corrected chi connectivity index (χ4v) is 3.20. The molecule has 126 valence electrons. The summed E-state index contributed by atoms with van der Waals surface area (Å²) in [5, 5.41) is 6.48. The molecule has 4 heteroatoms. The molecule has 0 spiro atoms. The number of aryl methyl sites for hydroxylation is 1. The van der Waals surface area contributed by atoms with Gasteiger partial charge in [-0.25, -0.2) is 0 Å². The van der Waals surface area contributed by atoms with Crippen molar-refractivity contribution < 1.29 is 4.79 Å². The number of hydrogen-bond donors (Lipinski definition) is 2. The third kappa shape index (κ3) is 4.57. The molecule has 0 aliphatic heterocycles. The van der Waals surface area contributed by atoms with Gasteiger partial charge in [0.15, 0.2) is 0 Å². The van der Waals surface area contributed by atoms with Gasteiger partial charge in [0.05, 0.1) is 0 Å². The van der Waals surface area contributed by atoms with Crippen LogP contribution in [0.1, 0.15) is 54.6 Å². The number of nitrogens with zero attached hydrogens (tertiary/aromatic N) is 1. The van der Waals surface area contributed by atoms with Crippen LogP contribution >= 0.6 is 0 Å². The van der Waals surface area contributed by atoms with Gasteiger partial charge >= 0.3 is 0 Å². The van der Waals surface area contributed by atoms with Gasteiger partial charge in [-0.15, -0.1) is 0 Å². The Hall–Kier alpha value is -2.36. The lowest BCUT2D eigenvalue weighted by atomic mass is 10.1. The number of benzene rings is 1. The Morgan fingerprint density at radius 2 is 1.79 bits per heavy atom. The van der Waals surface area contributed by atoms with Crippen molar-refractivity contribution >= 4 is 17.3 Å². The van der Waals surface area contributed by atoms with Gasteiger partial charge < -0.3 is 10.6 Å². The highest BCUT2D eigenvalue weighted by Crippen LogP contribution is 2.19. The average Bonchev–Trinajstić information content (AvgIpc) is 2.84. The third-order valence-electron chi connectivity index (χ3n) is 4.49. The number of rotatable bonds is 4. The van der Waals surface area contributed by atoms with Gasteiger partial charge in [-0.3, -0.25) is 9.78 Å². The Labute approximate surface area is 143 Å². The number of carbonyl (C=O) groups excluding carboxylic acids is 1. The topological polar surface area (TPSA) is 54.0 Å². The first-order valence-electron chi connectivity index (χ1n) is 8.81. The summed E-state index contributed by atoms with van der Waals surface area (Å²) in [5.41, 5.74) is 3.55. The molecule has 2 N–H and O–H groups in total. The zero-order valence-corrected chi connectivity index (χ0v) is 14.2. The smallest absolute Gasteiger partial charge is 0.270 e. The van der Waals surface area contributed by atoms with Gasteiger partial charge in [0.2, 0.25) is 0 Å². The van der Waals surface area contributed by atoms with Gasteiger partial charge in [-0.1, -0.05) is 37.8 Å². The molecule has 1 aromatic carbocycles. The third-order valence-corrected chi connectivity index (χ3v) is 4.49. The monoisotopic (exact) mass is 323 g/mol. The maximum atomic E-state index is 12.5. The summed E-state index contributed by atoms with van der Waals surface area (Å²) in [7, 11) is 0. The molecule has 1 fully saturated rings. The van der Waals surface area contributed by atoms with E-state index in [0.717, 1.165) is 24.2 Å². The lowest BCUT2D eigenvalue weighted by Crippen LogP contribution is -2.34. The maximum Gasteiger partial charge on any atom is 0.270 e. The quantitative estimate of drug-likeness (QED) is 0.809. The van der Waals surface area contributed by atoms with Crippen molar-refractivity contribution in [3.8, 4) is 0 Å². The van der Waals surface area contributed by atoms with Crippen molar-refractivity contribution in [2.45, 2.75) is 51.5 Å². The lowest BCUT2D eigenvalue weighted by Gasteiger charge is -2.16. The zero-order valence-electron chi connectivity index (χ0n) is 14.2. The Morgan fingerprint density at radius 3 is 2.54 bits per heavy atom. The fraction of sp³-hybridized carbons (Fsp3) is 0.400. The van der Waals surface area contributed by atoms with Gasteiger partial charge in [-0.05, 0) is 49.6 Å². The molecule has 4 nitrogen and oxygen atoms in total. The average molecular weight is 323 g/mol. The minimum absolute atomic E-state index is 0.0743. The van der Waals surface area contributed by atoms with E-state index in [1.54, 1.807) is 6.20 Å². The van der Waals surface area contributed by atoms with Crippen LogP contribution in [-0.4, -0.2) is 16.9 Å². The summed E-state index contributed by atoms with van der Waals surface area (Å²) in [4.78, 5) is 16.7. The standard InChI is InChI=1S/C20H25N3O/c1-15-7-6-10-17(13-15)22-18-11-12-21-19(14-18)20(24)23-16-8-4-2-3-5-9-16/h6-7,10-14,16H,2-5,8-9H2,1H3,(H,21,22)(H,23,24). The summed E-state index contributed by atoms with van der Waals surface area (Å²) in [6.07, 6.45) is 8.79. The van der Waals surface area contributed by atoms with Crippen LogP contribution in [0.4, 0.5) is 11.4 Å². The number of carbonyl (C=O) groups is 1. The second kappa shape index (κ2) is 7.95.